The molecule has 0 aliphatic carbocycles. The van der Waals surface area contributed by atoms with Gasteiger partial charge >= 0.3 is 5.97 Å². The number of hydrogen-bond donors (Lipinski definition) is 1. The van der Waals surface area contributed by atoms with Crippen LogP contribution in [0, 0.1) is 6.92 Å². The Morgan fingerprint density at radius 3 is 2.92 bits per heavy atom. The zero-order valence-electron chi connectivity index (χ0n) is 6.54. The Bertz CT molecular complexity index is 312. The highest BCUT2D eigenvalue weighted by atomic mass is 79.9. The van der Waals surface area contributed by atoms with Gasteiger partial charge < -0.3 is 5.11 Å². The third-order valence-corrected chi connectivity index (χ3v) is 2.26. The van der Waals surface area contributed by atoms with E-state index in [9.17, 15) is 4.79 Å². The summed E-state index contributed by atoms with van der Waals surface area (Å²) < 4.78 is 0.761. The minimum absolute atomic E-state index is 0.0289. The van der Waals surface area contributed by atoms with Gasteiger partial charge in [-0.05, 0) is 34.0 Å². The summed E-state index contributed by atoms with van der Waals surface area (Å²) in [5.41, 5.74) is 1.68. The summed E-state index contributed by atoms with van der Waals surface area (Å²) in [5.74, 6) is -0.835. The Balaban J connectivity index is 2.89. The Labute approximate surface area is 78.6 Å². The summed E-state index contributed by atoms with van der Waals surface area (Å²) in [6, 6.07) is 1.81. The van der Waals surface area contributed by atoms with Crippen LogP contribution in [0.3, 0.4) is 0 Å². The van der Waals surface area contributed by atoms with Crippen LogP contribution in [0.15, 0.2) is 16.9 Å². The molecule has 0 saturated heterocycles. The molecule has 4 heteroatoms. The van der Waals surface area contributed by atoms with Gasteiger partial charge in [0.1, 0.15) is 4.60 Å². The fourth-order valence-electron chi connectivity index (χ4n) is 0.888. The summed E-state index contributed by atoms with van der Waals surface area (Å²) in [6.45, 7) is 1.88. The summed E-state index contributed by atoms with van der Waals surface area (Å²) in [5, 5.41) is 8.49. The van der Waals surface area contributed by atoms with Crippen molar-refractivity contribution in [3.05, 3.63) is 28.0 Å². The second-order valence-electron chi connectivity index (χ2n) is 2.52. The summed E-state index contributed by atoms with van der Waals surface area (Å²) >= 11 is 3.24. The first kappa shape index (κ1) is 9.19. The highest BCUT2D eigenvalue weighted by Gasteiger charge is 2.02. The zero-order valence-corrected chi connectivity index (χ0v) is 8.13. The van der Waals surface area contributed by atoms with Gasteiger partial charge in [-0.15, -0.1) is 0 Å². The average Bonchev–Trinajstić information content (AvgIpc) is 1.96. The van der Waals surface area contributed by atoms with Gasteiger partial charge in [0.05, 0.1) is 6.42 Å². The maximum absolute atomic E-state index is 10.3. The highest BCUT2D eigenvalue weighted by molar-refractivity contribution is 9.10. The molecule has 0 unspecified atom stereocenters. The Morgan fingerprint density at radius 2 is 2.42 bits per heavy atom. The van der Waals surface area contributed by atoms with E-state index < -0.39 is 5.97 Å². The van der Waals surface area contributed by atoms with Crippen molar-refractivity contribution in [2.24, 2.45) is 0 Å². The van der Waals surface area contributed by atoms with Crippen LogP contribution >= 0.6 is 15.9 Å². The van der Waals surface area contributed by atoms with Crippen LogP contribution in [-0.4, -0.2) is 16.1 Å². The number of aryl methyl sites for hydroxylation is 1. The molecule has 0 bridgehead atoms. The third kappa shape index (κ3) is 2.30. The van der Waals surface area contributed by atoms with Gasteiger partial charge in [0.15, 0.2) is 0 Å². The molecule has 1 heterocycles. The van der Waals surface area contributed by atoms with Crippen molar-refractivity contribution in [3.63, 3.8) is 0 Å². The molecule has 0 aromatic carbocycles. The van der Waals surface area contributed by atoms with Gasteiger partial charge in [-0.3, -0.25) is 4.79 Å². The number of aromatic nitrogens is 1. The van der Waals surface area contributed by atoms with Crippen molar-refractivity contribution in [3.8, 4) is 0 Å². The molecule has 0 atom stereocenters. The molecule has 0 saturated carbocycles. The minimum atomic E-state index is -0.835. The Morgan fingerprint density at radius 1 is 1.75 bits per heavy atom. The summed E-state index contributed by atoms with van der Waals surface area (Å²) in [4.78, 5) is 14.3. The van der Waals surface area contributed by atoms with Crippen LogP contribution in [0.5, 0.6) is 0 Å². The number of carboxylic acid groups (broad SMARTS) is 1. The fourth-order valence-corrected chi connectivity index (χ4v) is 1.10. The van der Waals surface area contributed by atoms with E-state index in [0.29, 0.717) is 0 Å². The zero-order chi connectivity index (χ0) is 9.14. The lowest BCUT2D eigenvalue weighted by molar-refractivity contribution is -0.136. The van der Waals surface area contributed by atoms with E-state index in [0.717, 1.165) is 15.7 Å². The average molecular weight is 230 g/mol. The van der Waals surface area contributed by atoms with Crippen LogP contribution in [0.2, 0.25) is 0 Å². The van der Waals surface area contributed by atoms with E-state index in [1.807, 2.05) is 13.0 Å². The standard InChI is InChI=1S/C8H8BrNO2/c1-5-2-6(3-7(11)12)4-10-8(5)9/h2,4H,3H2,1H3,(H,11,12). The number of rotatable bonds is 2. The predicted molar refractivity (Wildman–Crippen MR) is 48.0 cm³/mol. The molecule has 0 fully saturated rings. The maximum atomic E-state index is 10.3. The van der Waals surface area contributed by atoms with Crippen molar-refractivity contribution in [1.82, 2.24) is 4.98 Å². The van der Waals surface area contributed by atoms with E-state index in [1.54, 1.807) is 6.20 Å². The van der Waals surface area contributed by atoms with Crippen molar-refractivity contribution < 1.29 is 9.90 Å². The van der Waals surface area contributed by atoms with Gasteiger partial charge in [0, 0.05) is 6.20 Å². The van der Waals surface area contributed by atoms with Crippen molar-refractivity contribution in [2.75, 3.05) is 0 Å². The molecule has 1 aromatic heterocycles. The topological polar surface area (TPSA) is 50.2 Å². The predicted octanol–water partition coefficient (Wildman–Crippen LogP) is 1.78. The second-order valence-corrected chi connectivity index (χ2v) is 3.27. The molecular formula is C8H8BrNO2. The molecule has 0 radical (unpaired) electrons. The van der Waals surface area contributed by atoms with Gasteiger partial charge in [0.25, 0.3) is 0 Å². The van der Waals surface area contributed by atoms with Gasteiger partial charge in [0.2, 0.25) is 0 Å². The molecule has 0 aliphatic rings. The molecule has 0 spiro atoms. The number of aliphatic carboxylic acids is 1. The van der Waals surface area contributed by atoms with E-state index in [2.05, 4.69) is 20.9 Å². The molecule has 12 heavy (non-hydrogen) atoms. The lowest BCUT2D eigenvalue weighted by atomic mass is 10.2. The van der Waals surface area contributed by atoms with Gasteiger partial charge in [-0.2, -0.15) is 0 Å². The molecule has 3 nitrogen and oxygen atoms in total. The van der Waals surface area contributed by atoms with Crippen LogP contribution in [0.4, 0.5) is 0 Å². The van der Waals surface area contributed by atoms with Crippen molar-refractivity contribution in [1.29, 1.82) is 0 Å². The quantitative estimate of drug-likeness (QED) is 0.787. The first-order valence-corrected chi connectivity index (χ1v) is 4.21. The van der Waals surface area contributed by atoms with E-state index >= 15 is 0 Å². The number of carbonyl (C=O) groups is 1. The largest absolute Gasteiger partial charge is 0.481 e. The van der Waals surface area contributed by atoms with Gasteiger partial charge in [-0.1, -0.05) is 6.07 Å². The lowest BCUT2D eigenvalue weighted by Gasteiger charge is -1.99. The highest BCUT2D eigenvalue weighted by Crippen LogP contribution is 2.13. The molecule has 1 N–H and O–H groups in total. The molecule has 64 valence electrons. The van der Waals surface area contributed by atoms with Crippen LogP contribution in [-0.2, 0) is 11.2 Å². The first-order valence-electron chi connectivity index (χ1n) is 3.42. The van der Waals surface area contributed by atoms with Crippen LogP contribution in [0.1, 0.15) is 11.1 Å². The molecular weight excluding hydrogens is 222 g/mol. The van der Waals surface area contributed by atoms with Gasteiger partial charge in [-0.25, -0.2) is 4.98 Å². The molecule has 1 aromatic rings. The maximum Gasteiger partial charge on any atom is 0.307 e. The van der Waals surface area contributed by atoms with Crippen molar-refractivity contribution in [2.45, 2.75) is 13.3 Å². The van der Waals surface area contributed by atoms with Crippen LogP contribution < -0.4 is 0 Å². The van der Waals surface area contributed by atoms with E-state index in [4.69, 9.17) is 5.11 Å². The Kier molecular flexibility index (Phi) is 2.81. The van der Waals surface area contributed by atoms with E-state index in [1.165, 1.54) is 0 Å². The first-order chi connectivity index (χ1) is 5.59. The number of pyridine rings is 1. The third-order valence-electron chi connectivity index (χ3n) is 1.43. The number of carboxylic acids is 1. The smallest absolute Gasteiger partial charge is 0.307 e. The summed E-state index contributed by atoms with van der Waals surface area (Å²) in [7, 11) is 0. The van der Waals surface area contributed by atoms with Crippen molar-refractivity contribution >= 4 is 21.9 Å². The number of nitrogens with zero attached hydrogens (tertiary/aromatic N) is 1. The Hall–Kier alpha value is -0.900. The molecule has 0 amide bonds. The fraction of sp³-hybridized carbons (Fsp3) is 0.250. The second kappa shape index (κ2) is 3.67. The molecule has 0 aliphatic heterocycles. The summed E-state index contributed by atoms with van der Waals surface area (Å²) in [6.07, 6.45) is 1.59. The number of halogens is 1. The molecule has 1 rings (SSSR count). The lowest BCUT2D eigenvalue weighted by Crippen LogP contribution is -2.00. The van der Waals surface area contributed by atoms with Crippen LogP contribution in [0.25, 0.3) is 0 Å². The van der Waals surface area contributed by atoms with E-state index in [-0.39, 0.29) is 6.42 Å². The number of hydrogen-bond acceptors (Lipinski definition) is 2. The minimum Gasteiger partial charge on any atom is -0.481 e. The SMILES string of the molecule is Cc1cc(CC(=O)O)cnc1Br. The normalized spacial score (nSPS) is 9.83. The monoisotopic (exact) mass is 229 g/mol.